The Morgan fingerprint density at radius 2 is 2.14 bits per heavy atom. The summed E-state index contributed by atoms with van der Waals surface area (Å²) in [6.45, 7) is 2.31. The highest BCUT2D eigenvalue weighted by atomic mass is 35.5. The van der Waals surface area contributed by atoms with Crippen molar-refractivity contribution in [3.63, 3.8) is 0 Å². The SMILES string of the molecule is CCOc1ccccc1CN(C)C(=O)C1CC(F)(F)CN1.Cl. The predicted octanol–water partition coefficient (Wildman–Crippen LogP) is 2.46. The molecule has 1 heterocycles. The fourth-order valence-corrected chi connectivity index (χ4v) is 2.42. The number of hydrogen-bond donors (Lipinski definition) is 1. The maximum absolute atomic E-state index is 13.2. The van der Waals surface area contributed by atoms with Crippen molar-refractivity contribution in [2.75, 3.05) is 20.2 Å². The van der Waals surface area contributed by atoms with Gasteiger partial charge >= 0.3 is 0 Å². The number of hydrogen-bond acceptors (Lipinski definition) is 3. The van der Waals surface area contributed by atoms with Gasteiger partial charge in [-0.3, -0.25) is 10.1 Å². The second kappa shape index (κ2) is 7.74. The normalized spacial score (nSPS) is 19.4. The number of benzene rings is 1. The van der Waals surface area contributed by atoms with E-state index < -0.39 is 24.9 Å². The highest BCUT2D eigenvalue weighted by Gasteiger charge is 2.43. The van der Waals surface area contributed by atoms with Crippen molar-refractivity contribution in [2.45, 2.75) is 31.9 Å². The fraction of sp³-hybridized carbons (Fsp3) is 0.533. The number of rotatable bonds is 5. The van der Waals surface area contributed by atoms with Crippen molar-refractivity contribution in [3.8, 4) is 5.75 Å². The van der Waals surface area contributed by atoms with Crippen LogP contribution in [0.3, 0.4) is 0 Å². The van der Waals surface area contributed by atoms with Crippen LogP contribution in [-0.2, 0) is 11.3 Å². The summed E-state index contributed by atoms with van der Waals surface area (Å²) in [7, 11) is 1.61. The van der Waals surface area contributed by atoms with Crippen LogP contribution in [0.4, 0.5) is 8.78 Å². The number of likely N-dealkylation sites (N-methyl/N-ethyl adjacent to an activating group) is 1. The minimum atomic E-state index is -2.80. The van der Waals surface area contributed by atoms with Crippen LogP contribution in [0.5, 0.6) is 5.75 Å². The zero-order valence-electron chi connectivity index (χ0n) is 12.6. The Morgan fingerprint density at radius 1 is 1.45 bits per heavy atom. The topological polar surface area (TPSA) is 41.6 Å². The molecule has 1 aliphatic heterocycles. The molecule has 0 aliphatic carbocycles. The summed E-state index contributed by atoms with van der Waals surface area (Å²) in [5.41, 5.74) is 0.861. The van der Waals surface area contributed by atoms with Gasteiger partial charge in [-0.1, -0.05) is 18.2 Å². The molecule has 0 spiro atoms. The monoisotopic (exact) mass is 334 g/mol. The molecule has 7 heteroatoms. The number of para-hydroxylation sites is 1. The zero-order chi connectivity index (χ0) is 15.5. The zero-order valence-corrected chi connectivity index (χ0v) is 13.5. The minimum absolute atomic E-state index is 0. The molecule has 22 heavy (non-hydrogen) atoms. The summed E-state index contributed by atoms with van der Waals surface area (Å²) in [6.07, 6.45) is -0.441. The maximum atomic E-state index is 13.2. The summed E-state index contributed by atoms with van der Waals surface area (Å²) in [5, 5.41) is 2.58. The number of nitrogens with zero attached hydrogens (tertiary/aromatic N) is 1. The first kappa shape index (κ1) is 18.6. The molecule has 1 aliphatic rings. The number of nitrogens with one attached hydrogen (secondary N) is 1. The summed E-state index contributed by atoms with van der Waals surface area (Å²) in [6, 6.07) is 6.60. The van der Waals surface area contributed by atoms with E-state index in [1.54, 1.807) is 7.05 Å². The predicted molar refractivity (Wildman–Crippen MR) is 82.7 cm³/mol. The van der Waals surface area contributed by atoms with E-state index in [4.69, 9.17) is 4.74 Å². The quantitative estimate of drug-likeness (QED) is 0.899. The third kappa shape index (κ3) is 4.55. The molecule has 2 rings (SSSR count). The van der Waals surface area contributed by atoms with Crippen molar-refractivity contribution in [1.29, 1.82) is 0 Å². The largest absolute Gasteiger partial charge is 0.494 e. The average Bonchev–Trinajstić information content (AvgIpc) is 2.80. The molecule has 1 atom stereocenters. The van der Waals surface area contributed by atoms with Crippen molar-refractivity contribution in [2.24, 2.45) is 0 Å². The first-order chi connectivity index (χ1) is 9.93. The van der Waals surface area contributed by atoms with Gasteiger partial charge in [-0.05, 0) is 13.0 Å². The molecule has 1 saturated heterocycles. The van der Waals surface area contributed by atoms with Gasteiger partial charge in [-0.15, -0.1) is 12.4 Å². The molecular formula is C15H21ClF2N2O2. The Bertz CT molecular complexity index is 514. The van der Waals surface area contributed by atoms with Gasteiger partial charge < -0.3 is 9.64 Å². The summed E-state index contributed by atoms with van der Waals surface area (Å²) >= 11 is 0. The van der Waals surface area contributed by atoms with Crippen LogP contribution in [0, 0.1) is 0 Å². The molecule has 4 nitrogen and oxygen atoms in total. The molecule has 124 valence electrons. The standard InChI is InChI=1S/C15H20F2N2O2.ClH/c1-3-21-13-7-5-4-6-11(13)9-19(2)14(20)12-8-15(16,17)10-18-12;/h4-7,12,18H,3,8-10H2,1-2H3;1H. The first-order valence-corrected chi connectivity index (χ1v) is 7.00. The molecule has 1 aromatic carbocycles. The molecule has 0 saturated carbocycles. The van der Waals surface area contributed by atoms with Gasteiger partial charge in [0.15, 0.2) is 0 Å². The lowest BCUT2D eigenvalue weighted by atomic mass is 10.1. The highest BCUT2D eigenvalue weighted by Crippen LogP contribution is 2.26. The fourth-order valence-electron chi connectivity index (χ4n) is 2.42. The van der Waals surface area contributed by atoms with Crippen LogP contribution in [0.25, 0.3) is 0 Å². The second-order valence-corrected chi connectivity index (χ2v) is 5.23. The molecule has 0 aromatic heterocycles. The molecule has 0 bridgehead atoms. The van der Waals surface area contributed by atoms with E-state index >= 15 is 0 Å². The van der Waals surface area contributed by atoms with E-state index in [2.05, 4.69) is 5.32 Å². The molecule has 1 amide bonds. The van der Waals surface area contributed by atoms with E-state index in [0.29, 0.717) is 18.9 Å². The van der Waals surface area contributed by atoms with E-state index in [1.165, 1.54) is 4.90 Å². The van der Waals surface area contributed by atoms with Crippen molar-refractivity contribution in [1.82, 2.24) is 10.2 Å². The third-order valence-corrected chi connectivity index (χ3v) is 3.46. The first-order valence-electron chi connectivity index (χ1n) is 7.00. The lowest BCUT2D eigenvalue weighted by Gasteiger charge is -2.22. The Hall–Kier alpha value is -1.40. The third-order valence-electron chi connectivity index (χ3n) is 3.46. The number of alkyl halides is 2. The Balaban J connectivity index is 0.00000242. The van der Waals surface area contributed by atoms with Crippen molar-refractivity contribution in [3.05, 3.63) is 29.8 Å². The number of halogens is 3. The lowest BCUT2D eigenvalue weighted by Crippen LogP contribution is -2.41. The van der Waals surface area contributed by atoms with Gasteiger partial charge in [0.2, 0.25) is 5.91 Å². The van der Waals surface area contributed by atoms with E-state index in [9.17, 15) is 13.6 Å². The Labute approximate surface area is 135 Å². The molecule has 1 fully saturated rings. The number of ether oxygens (including phenoxy) is 1. The maximum Gasteiger partial charge on any atom is 0.262 e. The molecule has 0 radical (unpaired) electrons. The van der Waals surface area contributed by atoms with Crippen LogP contribution in [0.15, 0.2) is 24.3 Å². The van der Waals surface area contributed by atoms with Crippen LogP contribution < -0.4 is 10.1 Å². The van der Waals surface area contributed by atoms with Gasteiger partial charge in [0.1, 0.15) is 5.75 Å². The van der Waals surface area contributed by atoms with Crippen molar-refractivity contribution < 1.29 is 18.3 Å². The smallest absolute Gasteiger partial charge is 0.262 e. The second-order valence-electron chi connectivity index (χ2n) is 5.23. The number of carbonyl (C=O) groups excluding carboxylic acids is 1. The van der Waals surface area contributed by atoms with Crippen LogP contribution in [0.2, 0.25) is 0 Å². The van der Waals surface area contributed by atoms with Gasteiger partial charge in [-0.2, -0.15) is 0 Å². The van der Waals surface area contributed by atoms with Gasteiger partial charge in [0.25, 0.3) is 5.92 Å². The molecule has 1 N–H and O–H groups in total. The lowest BCUT2D eigenvalue weighted by molar-refractivity contribution is -0.132. The van der Waals surface area contributed by atoms with E-state index in [1.807, 2.05) is 31.2 Å². The van der Waals surface area contributed by atoms with E-state index in [-0.39, 0.29) is 18.3 Å². The average molecular weight is 335 g/mol. The van der Waals surface area contributed by atoms with Crippen LogP contribution >= 0.6 is 12.4 Å². The summed E-state index contributed by atoms with van der Waals surface area (Å²) in [5.74, 6) is -2.41. The Morgan fingerprint density at radius 3 is 2.73 bits per heavy atom. The summed E-state index contributed by atoms with van der Waals surface area (Å²) in [4.78, 5) is 13.7. The molecular weight excluding hydrogens is 314 g/mol. The van der Waals surface area contributed by atoms with Gasteiger partial charge in [0, 0.05) is 25.6 Å². The van der Waals surface area contributed by atoms with Crippen LogP contribution in [0.1, 0.15) is 18.9 Å². The minimum Gasteiger partial charge on any atom is -0.494 e. The van der Waals surface area contributed by atoms with Gasteiger partial charge in [-0.25, -0.2) is 8.78 Å². The summed E-state index contributed by atoms with van der Waals surface area (Å²) < 4.78 is 31.8. The highest BCUT2D eigenvalue weighted by molar-refractivity contribution is 5.85. The molecule has 1 aromatic rings. The van der Waals surface area contributed by atoms with E-state index in [0.717, 1.165) is 5.56 Å². The Kier molecular flexibility index (Phi) is 6.56. The number of carbonyl (C=O) groups is 1. The van der Waals surface area contributed by atoms with Crippen LogP contribution in [-0.4, -0.2) is 43.0 Å². The van der Waals surface area contributed by atoms with Crippen molar-refractivity contribution >= 4 is 18.3 Å². The molecule has 1 unspecified atom stereocenters. The number of amides is 1. The van der Waals surface area contributed by atoms with Gasteiger partial charge in [0.05, 0.1) is 19.2 Å².